The topological polar surface area (TPSA) is 26.3 Å². The highest BCUT2D eigenvalue weighted by molar-refractivity contribution is 7.92. The Hall–Kier alpha value is -1.87. The first kappa shape index (κ1) is 23.4. The molecule has 0 spiro atoms. The largest absolute Gasteiger partial charge is 0.430 e. The second-order valence-electron chi connectivity index (χ2n) is 5.21. The Balaban J connectivity index is 0.00000106. The average Bonchev–Trinajstić information content (AvgIpc) is 2.83. The Morgan fingerprint density at radius 3 is 1.34 bits per heavy atom. The van der Waals surface area contributed by atoms with Gasteiger partial charge in [-0.1, -0.05) is 36.4 Å². The summed E-state index contributed by atoms with van der Waals surface area (Å²) in [6, 6.07) is 14.7. The van der Waals surface area contributed by atoms with Crippen LogP contribution in [-0.4, -0.2) is 1.45 Å². The fraction of sp³-hybridized carbons (Fsp3) is 0. The molecular weight excluding hydrogens is 455 g/mol. The standard InChI is InChI=1S/C18H10F5O2P.FH.H4P2/c19-13-14(20)16(22)18(17(23)15(13)21)25-26(24,11-7-3-1-4-8-11)12-9-5-2-6-10-12;;1-2/h1-10H;1H;1-2H2/i/hD. The Morgan fingerprint density at radius 2 is 1.00 bits per heavy atom. The molecule has 0 aliphatic carbocycles. The van der Waals surface area contributed by atoms with E-state index < -0.39 is 42.2 Å². The van der Waals surface area contributed by atoms with E-state index in [0.29, 0.717) is 0 Å². The van der Waals surface area contributed by atoms with E-state index >= 15 is 0 Å². The molecule has 0 amide bonds. The third kappa shape index (κ3) is 5.01. The van der Waals surface area contributed by atoms with Crippen molar-refractivity contribution >= 4 is 35.8 Å². The van der Waals surface area contributed by atoms with Gasteiger partial charge in [-0.15, -0.1) is 17.9 Å². The van der Waals surface area contributed by atoms with E-state index in [1.54, 1.807) is 12.1 Å². The fourth-order valence-electron chi connectivity index (χ4n) is 2.30. The second kappa shape index (κ2) is 10.8. The minimum Gasteiger partial charge on any atom is -0.430 e. The smallest absolute Gasteiger partial charge is 0.306 e. The quantitative estimate of drug-likeness (QED) is 0.218. The molecule has 0 heterocycles. The van der Waals surface area contributed by atoms with E-state index in [1.165, 1.54) is 48.5 Å². The minimum absolute atomic E-state index is 0.0372. The summed E-state index contributed by atoms with van der Waals surface area (Å²) >= 11 is 0. The van der Waals surface area contributed by atoms with Gasteiger partial charge in [-0.3, -0.25) is 9.28 Å². The van der Waals surface area contributed by atoms with E-state index in [9.17, 15) is 26.5 Å². The third-order valence-electron chi connectivity index (χ3n) is 3.58. The number of benzene rings is 3. The highest BCUT2D eigenvalue weighted by Gasteiger charge is 2.35. The van der Waals surface area contributed by atoms with Crippen LogP contribution in [-0.2, 0) is 4.57 Å². The lowest BCUT2D eigenvalue weighted by atomic mass is 10.3. The van der Waals surface area contributed by atoms with Crippen molar-refractivity contribution in [3.8, 4) is 5.75 Å². The van der Waals surface area contributed by atoms with Crippen LogP contribution in [0.5, 0.6) is 5.75 Å². The summed E-state index contributed by atoms with van der Waals surface area (Å²) in [5.41, 5.74) is 0. The molecule has 0 radical (unpaired) electrons. The molecule has 2 unspecified atom stereocenters. The number of hydrogen-bond acceptors (Lipinski definition) is 2. The van der Waals surface area contributed by atoms with Gasteiger partial charge in [0.15, 0.2) is 0 Å². The lowest BCUT2D eigenvalue weighted by Crippen LogP contribution is -2.21. The van der Waals surface area contributed by atoms with E-state index in [2.05, 4.69) is 19.3 Å². The number of rotatable bonds is 4. The van der Waals surface area contributed by atoms with Gasteiger partial charge in [-0.2, -0.15) is 8.78 Å². The van der Waals surface area contributed by atoms with Crippen LogP contribution in [0.15, 0.2) is 60.7 Å². The molecule has 0 saturated heterocycles. The second-order valence-corrected chi connectivity index (χ2v) is 7.53. The molecule has 3 rings (SSSR count). The van der Waals surface area contributed by atoms with Crippen molar-refractivity contribution in [2.75, 3.05) is 0 Å². The molecule has 3 aromatic carbocycles. The van der Waals surface area contributed by atoms with E-state index in [1.807, 2.05) is 0 Å². The molecule has 2 atom stereocenters. The molecule has 29 heavy (non-hydrogen) atoms. The Kier molecular flexibility index (Phi) is 8.70. The summed E-state index contributed by atoms with van der Waals surface area (Å²) in [6.07, 6.45) is 0. The molecule has 0 N–H and O–H groups in total. The molecule has 0 saturated carbocycles. The zero-order valence-corrected chi connectivity index (χ0v) is 17.7. The van der Waals surface area contributed by atoms with Crippen molar-refractivity contribution in [3.63, 3.8) is 0 Å². The van der Waals surface area contributed by atoms with Gasteiger partial charge in [0.05, 0.1) is 10.6 Å². The third-order valence-corrected chi connectivity index (χ3v) is 5.98. The summed E-state index contributed by atoms with van der Waals surface area (Å²) < 4.78 is 99.6. The van der Waals surface area contributed by atoms with Crippen molar-refractivity contribution < 1.29 is 35.8 Å². The zero-order valence-electron chi connectivity index (χ0n) is 15.5. The molecule has 0 aromatic heterocycles. The Labute approximate surface area is 169 Å². The summed E-state index contributed by atoms with van der Waals surface area (Å²) in [5, 5.41) is 0.0743. The van der Waals surface area contributed by atoms with Crippen LogP contribution in [0.25, 0.3) is 0 Å². The molecule has 0 aliphatic heterocycles. The van der Waals surface area contributed by atoms with E-state index in [-0.39, 0.29) is 10.6 Å². The fourth-order valence-corrected chi connectivity index (χ4v) is 4.35. The van der Waals surface area contributed by atoms with Gasteiger partial charge in [0, 0.05) is 0 Å². The molecule has 0 fully saturated rings. The van der Waals surface area contributed by atoms with Gasteiger partial charge < -0.3 is 4.52 Å². The van der Waals surface area contributed by atoms with E-state index in [0.717, 1.165) is 0 Å². The maximum absolute atomic E-state index is 14.0. The summed E-state index contributed by atoms with van der Waals surface area (Å²) in [7, 11) is 0.476. The first-order chi connectivity index (χ1) is 14.4. The lowest BCUT2D eigenvalue weighted by molar-refractivity contribution is 0.348. The normalized spacial score (nSPS) is 10.7. The number of hydrogen-bond donors (Lipinski definition) is 0. The predicted octanol–water partition coefficient (Wildman–Crippen LogP) is 5.49. The van der Waals surface area contributed by atoms with Gasteiger partial charge in [0.25, 0.3) is 1.45 Å². The summed E-state index contributed by atoms with van der Waals surface area (Å²) in [5.74, 6) is -12.6. The highest BCUT2D eigenvalue weighted by Crippen LogP contribution is 2.47. The van der Waals surface area contributed by atoms with Crippen molar-refractivity contribution in [1.82, 2.24) is 0 Å². The SMILES string of the molecule is O=P(Oc1c(F)c(F)c(F)c(F)c1F)(c1ccccc1)c1ccccc1.PP.[2H]F. The lowest BCUT2D eigenvalue weighted by Gasteiger charge is -2.21. The van der Waals surface area contributed by atoms with Crippen molar-refractivity contribution in [2.45, 2.75) is 0 Å². The van der Waals surface area contributed by atoms with Crippen molar-refractivity contribution in [3.05, 3.63) is 89.7 Å². The zero-order chi connectivity index (χ0) is 22.9. The molecule has 0 aliphatic rings. The van der Waals surface area contributed by atoms with Crippen molar-refractivity contribution in [2.24, 2.45) is 0 Å². The van der Waals surface area contributed by atoms with Crippen LogP contribution in [0.3, 0.4) is 0 Å². The predicted molar refractivity (Wildman–Crippen MR) is 109 cm³/mol. The van der Waals surface area contributed by atoms with Crippen LogP contribution in [0.4, 0.5) is 26.7 Å². The van der Waals surface area contributed by atoms with Crippen LogP contribution in [0.1, 0.15) is 0 Å². The average molecular weight is 471 g/mol. The van der Waals surface area contributed by atoms with Gasteiger partial charge in [0.1, 0.15) is 0 Å². The molecule has 0 bridgehead atoms. The van der Waals surface area contributed by atoms with Crippen LogP contribution in [0, 0.1) is 29.1 Å². The highest BCUT2D eigenvalue weighted by atomic mass is 32.0. The summed E-state index contributed by atoms with van der Waals surface area (Å²) in [4.78, 5) is 0. The van der Waals surface area contributed by atoms with Gasteiger partial charge in [0.2, 0.25) is 34.8 Å². The monoisotopic (exact) mass is 471 g/mol. The molecule has 156 valence electrons. The van der Waals surface area contributed by atoms with Crippen LogP contribution < -0.4 is 15.1 Å². The minimum atomic E-state index is -4.19. The van der Waals surface area contributed by atoms with Gasteiger partial charge >= 0.3 is 7.37 Å². The van der Waals surface area contributed by atoms with Gasteiger partial charge in [-0.05, 0) is 24.3 Å². The molecule has 2 nitrogen and oxygen atoms in total. The number of halogens is 6. The summed E-state index contributed by atoms with van der Waals surface area (Å²) in [6.45, 7) is 0. The molecule has 3 aromatic rings. The molecule has 11 heteroatoms. The van der Waals surface area contributed by atoms with Crippen molar-refractivity contribution in [1.29, 1.82) is 1.45 Å². The van der Waals surface area contributed by atoms with Gasteiger partial charge in [-0.25, -0.2) is 13.2 Å². The Morgan fingerprint density at radius 1 is 0.690 bits per heavy atom. The van der Waals surface area contributed by atoms with Crippen LogP contribution >= 0.6 is 25.2 Å². The first-order valence-corrected chi connectivity index (χ1v) is 11.9. The van der Waals surface area contributed by atoms with Crippen LogP contribution in [0.2, 0.25) is 0 Å². The maximum atomic E-state index is 14.0. The first-order valence-electron chi connectivity index (χ1n) is 7.99. The molecular formula is C18H15F6O2P3. The van der Waals surface area contributed by atoms with E-state index in [4.69, 9.17) is 9.24 Å². The Bertz CT molecular complexity index is 937. The maximum Gasteiger partial charge on any atom is 0.306 e.